The Balaban J connectivity index is 2.28. The maximum atomic E-state index is 14.2. The van der Waals surface area contributed by atoms with Gasteiger partial charge in [0.25, 0.3) is 0 Å². The van der Waals surface area contributed by atoms with E-state index in [2.05, 4.69) is 5.32 Å². The Hall–Kier alpha value is -2.07. The lowest BCUT2D eigenvalue weighted by Crippen LogP contribution is -2.12. The zero-order valence-corrected chi connectivity index (χ0v) is 12.7. The van der Waals surface area contributed by atoms with E-state index in [4.69, 9.17) is 9.47 Å². The molecular weight excluding hydrogens is 269 g/mol. The molecule has 0 amide bonds. The summed E-state index contributed by atoms with van der Waals surface area (Å²) >= 11 is 0. The fourth-order valence-electron chi connectivity index (χ4n) is 2.01. The summed E-state index contributed by atoms with van der Waals surface area (Å²) in [5.74, 6) is 0.875. The van der Waals surface area contributed by atoms with Crippen molar-refractivity contribution >= 4 is 0 Å². The van der Waals surface area contributed by atoms with Crippen molar-refractivity contribution < 1.29 is 13.9 Å². The quantitative estimate of drug-likeness (QED) is 0.894. The number of benzene rings is 2. The molecule has 1 unspecified atom stereocenters. The van der Waals surface area contributed by atoms with Crippen LogP contribution in [0.5, 0.6) is 17.2 Å². The van der Waals surface area contributed by atoms with Crippen LogP contribution in [0.2, 0.25) is 0 Å². The highest BCUT2D eigenvalue weighted by atomic mass is 19.1. The topological polar surface area (TPSA) is 30.5 Å². The van der Waals surface area contributed by atoms with E-state index in [1.165, 1.54) is 6.07 Å². The number of halogens is 1. The van der Waals surface area contributed by atoms with Crippen molar-refractivity contribution in [3.05, 3.63) is 53.3 Å². The molecule has 0 aliphatic rings. The Labute approximate surface area is 124 Å². The van der Waals surface area contributed by atoms with Gasteiger partial charge in [-0.1, -0.05) is 12.1 Å². The van der Waals surface area contributed by atoms with Crippen molar-refractivity contribution in [1.29, 1.82) is 0 Å². The van der Waals surface area contributed by atoms with Gasteiger partial charge in [-0.25, -0.2) is 4.39 Å². The van der Waals surface area contributed by atoms with Crippen LogP contribution in [-0.2, 0) is 0 Å². The van der Waals surface area contributed by atoms with Crippen LogP contribution >= 0.6 is 0 Å². The number of aryl methyl sites for hydroxylation is 1. The molecule has 0 spiro atoms. The predicted molar refractivity (Wildman–Crippen MR) is 81.7 cm³/mol. The molecule has 1 N–H and O–H groups in total. The molecule has 0 bridgehead atoms. The smallest absolute Gasteiger partial charge is 0.169 e. The Morgan fingerprint density at radius 2 is 1.76 bits per heavy atom. The summed E-state index contributed by atoms with van der Waals surface area (Å²) in [6.07, 6.45) is 0. The van der Waals surface area contributed by atoms with Gasteiger partial charge in [-0.05, 0) is 56.3 Å². The second kappa shape index (κ2) is 6.59. The largest absolute Gasteiger partial charge is 0.493 e. The van der Waals surface area contributed by atoms with Crippen molar-refractivity contribution in [2.24, 2.45) is 0 Å². The normalized spacial score (nSPS) is 12.0. The highest BCUT2D eigenvalue weighted by Gasteiger charge is 2.12. The molecule has 0 saturated carbocycles. The van der Waals surface area contributed by atoms with E-state index in [0.29, 0.717) is 11.5 Å². The van der Waals surface area contributed by atoms with E-state index >= 15 is 0 Å². The molecule has 112 valence electrons. The lowest BCUT2D eigenvalue weighted by Gasteiger charge is -2.14. The number of hydrogen-bond donors (Lipinski definition) is 1. The van der Waals surface area contributed by atoms with Crippen LogP contribution in [0.1, 0.15) is 24.1 Å². The molecule has 0 heterocycles. The molecule has 0 aromatic heterocycles. The first-order chi connectivity index (χ1) is 10.0. The Bertz CT molecular complexity index is 628. The summed E-state index contributed by atoms with van der Waals surface area (Å²) in [5, 5.41) is 3.07. The lowest BCUT2D eigenvalue weighted by molar-refractivity contribution is 0.370. The van der Waals surface area contributed by atoms with Gasteiger partial charge in [-0.15, -0.1) is 0 Å². The molecule has 0 saturated heterocycles. The van der Waals surface area contributed by atoms with Crippen LogP contribution < -0.4 is 14.8 Å². The third-order valence-electron chi connectivity index (χ3n) is 3.43. The fourth-order valence-corrected chi connectivity index (χ4v) is 2.01. The number of nitrogens with one attached hydrogen (secondary N) is 1. The molecular formula is C17H20FNO2. The molecule has 4 heteroatoms. The zero-order valence-electron chi connectivity index (χ0n) is 12.7. The third-order valence-corrected chi connectivity index (χ3v) is 3.43. The molecule has 2 aromatic carbocycles. The molecule has 3 nitrogen and oxygen atoms in total. The van der Waals surface area contributed by atoms with Crippen molar-refractivity contribution in [1.82, 2.24) is 5.32 Å². The second-order valence-electron chi connectivity index (χ2n) is 4.96. The van der Waals surface area contributed by atoms with E-state index in [-0.39, 0.29) is 11.8 Å². The predicted octanol–water partition coefficient (Wildman–Crippen LogP) is 4.22. The summed E-state index contributed by atoms with van der Waals surface area (Å²) in [6, 6.07) is 10.6. The number of ether oxygens (including phenoxy) is 2. The summed E-state index contributed by atoms with van der Waals surface area (Å²) < 4.78 is 25.0. The average Bonchev–Trinajstić information content (AvgIpc) is 2.49. The average molecular weight is 289 g/mol. The van der Waals surface area contributed by atoms with Gasteiger partial charge in [0.1, 0.15) is 0 Å². The van der Waals surface area contributed by atoms with Crippen molar-refractivity contribution in [2.75, 3.05) is 14.2 Å². The summed E-state index contributed by atoms with van der Waals surface area (Å²) in [5.41, 5.74) is 1.93. The van der Waals surface area contributed by atoms with Gasteiger partial charge in [0, 0.05) is 6.04 Å². The molecule has 0 radical (unpaired) electrons. The van der Waals surface area contributed by atoms with Gasteiger partial charge in [0.15, 0.2) is 23.1 Å². The SMILES string of the molecule is CNC(C)c1ccc(Oc2ccc(C)cc2OC)c(F)c1. The van der Waals surface area contributed by atoms with Gasteiger partial charge >= 0.3 is 0 Å². The minimum absolute atomic E-state index is 0.0856. The van der Waals surface area contributed by atoms with E-state index < -0.39 is 5.82 Å². The maximum absolute atomic E-state index is 14.2. The van der Waals surface area contributed by atoms with Gasteiger partial charge in [-0.3, -0.25) is 0 Å². The van der Waals surface area contributed by atoms with Gasteiger partial charge in [-0.2, -0.15) is 0 Å². The van der Waals surface area contributed by atoms with Crippen LogP contribution in [-0.4, -0.2) is 14.2 Å². The molecule has 0 fully saturated rings. The molecule has 0 aliphatic carbocycles. The van der Waals surface area contributed by atoms with Crippen molar-refractivity contribution in [3.8, 4) is 17.2 Å². The van der Waals surface area contributed by atoms with Crippen molar-refractivity contribution in [3.63, 3.8) is 0 Å². The highest BCUT2D eigenvalue weighted by molar-refractivity contribution is 5.45. The van der Waals surface area contributed by atoms with E-state index in [1.807, 2.05) is 39.1 Å². The van der Waals surface area contributed by atoms with Gasteiger partial charge in [0.05, 0.1) is 7.11 Å². The number of rotatable bonds is 5. The Morgan fingerprint density at radius 3 is 2.38 bits per heavy atom. The van der Waals surface area contributed by atoms with Gasteiger partial charge < -0.3 is 14.8 Å². The summed E-state index contributed by atoms with van der Waals surface area (Å²) in [7, 11) is 3.40. The monoisotopic (exact) mass is 289 g/mol. The van der Waals surface area contributed by atoms with Crippen LogP contribution in [0.3, 0.4) is 0 Å². The van der Waals surface area contributed by atoms with Crippen LogP contribution in [0.25, 0.3) is 0 Å². The van der Waals surface area contributed by atoms with E-state index in [9.17, 15) is 4.39 Å². The zero-order chi connectivity index (χ0) is 15.4. The Morgan fingerprint density at radius 1 is 1.05 bits per heavy atom. The summed E-state index contributed by atoms with van der Waals surface area (Å²) in [4.78, 5) is 0. The first kappa shape index (κ1) is 15.3. The lowest BCUT2D eigenvalue weighted by atomic mass is 10.1. The first-order valence-electron chi connectivity index (χ1n) is 6.84. The number of hydrogen-bond acceptors (Lipinski definition) is 3. The third kappa shape index (κ3) is 3.52. The van der Waals surface area contributed by atoms with Crippen LogP contribution in [0.15, 0.2) is 36.4 Å². The van der Waals surface area contributed by atoms with E-state index in [0.717, 1.165) is 11.1 Å². The number of methoxy groups -OCH3 is 1. The molecule has 0 aliphatic heterocycles. The second-order valence-corrected chi connectivity index (χ2v) is 4.96. The maximum Gasteiger partial charge on any atom is 0.169 e. The first-order valence-corrected chi connectivity index (χ1v) is 6.84. The van der Waals surface area contributed by atoms with Crippen molar-refractivity contribution in [2.45, 2.75) is 19.9 Å². The van der Waals surface area contributed by atoms with Crippen LogP contribution in [0.4, 0.5) is 4.39 Å². The standard InChI is InChI=1S/C17H20FNO2/c1-11-5-7-16(17(9-11)20-4)21-15-8-6-13(10-14(15)18)12(2)19-3/h5-10,12,19H,1-4H3. The summed E-state index contributed by atoms with van der Waals surface area (Å²) in [6.45, 7) is 3.93. The fraction of sp³-hybridized carbons (Fsp3) is 0.294. The van der Waals surface area contributed by atoms with Gasteiger partial charge in [0.2, 0.25) is 0 Å². The van der Waals surface area contributed by atoms with E-state index in [1.54, 1.807) is 19.2 Å². The highest BCUT2D eigenvalue weighted by Crippen LogP contribution is 2.34. The Kier molecular flexibility index (Phi) is 4.81. The minimum atomic E-state index is -0.391. The minimum Gasteiger partial charge on any atom is -0.493 e. The molecule has 21 heavy (non-hydrogen) atoms. The van der Waals surface area contributed by atoms with Crippen LogP contribution in [0, 0.1) is 12.7 Å². The molecule has 2 rings (SSSR count). The molecule has 2 aromatic rings. The molecule has 1 atom stereocenters.